The molecule has 1 atom stereocenters. The number of ketones is 2. The first-order chi connectivity index (χ1) is 17.0. The molecule has 2 fully saturated rings. The number of nitrogens with zero attached hydrogens (tertiary/aromatic N) is 2. The molecule has 0 aromatic heterocycles. The molecular weight excluding hydrogens is 450 g/mol. The molecule has 1 saturated heterocycles. The van der Waals surface area contributed by atoms with Crippen molar-refractivity contribution in [3.63, 3.8) is 0 Å². The van der Waals surface area contributed by atoms with Crippen LogP contribution in [0.4, 0.5) is 11.4 Å². The van der Waals surface area contributed by atoms with Crippen LogP contribution in [-0.2, 0) is 14.3 Å². The number of ether oxygens (including phenoxy) is 2. The molecule has 1 aliphatic carbocycles. The lowest BCUT2D eigenvalue weighted by molar-refractivity contribution is -0.132. The third kappa shape index (κ3) is 4.82. The Morgan fingerprint density at radius 2 is 1.74 bits per heavy atom. The van der Waals surface area contributed by atoms with E-state index in [-0.39, 0.29) is 42.0 Å². The maximum atomic E-state index is 13.2. The van der Waals surface area contributed by atoms with Crippen LogP contribution in [0.25, 0.3) is 0 Å². The maximum Gasteiger partial charge on any atom is 0.264 e. The minimum atomic E-state index is -0.887. The first-order valence-corrected chi connectivity index (χ1v) is 11.9. The third-order valence-electron chi connectivity index (χ3n) is 6.61. The average molecular weight is 478 g/mol. The van der Waals surface area contributed by atoms with E-state index in [4.69, 9.17) is 9.47 Å². The Morgan fingerprint density at radius 3 is 2.49 bits per heavy atom. The van der Waals surface area contributed by atoms with Gasteiger partial charge in [0.2, 0.25) is 0 Å². The van der Waals surface area contributed by atoms with Gasteiger partial charge in [-0.25, -0.2) is 0 Å². The molecule has 2 aromatic rings. The standard InChI is InChI=1S/C26H27N3O6/c30-18-6-9-22(23(31)16-18)29-25(32)20-2-1-3-21(24(20)26(29)33)27-17-4-7-19(8-5-17)35-15-12-28-10-13-34-14-11-28/h1-5,7-8,22,27H,6,9-16H2. The fourth-order valence-corrected chi connectivity index (χ4v) is 4.73. The van der Waals surface area contributed by atoms with Crippen molar-refractivity contribution in [1.82, 2.24) is 9.80 Å². The molecule has 9 nitrogen and oxygen atoms in total. The SMILES string of the molecule is O=C1CCC(N2C(=O)c3cccc(Nc4ccc(OCCN5CCOCC5)cc4)c3C2=O)C(=O)C1. The maximum absolute atomic E-state index is 13.2. The van der Waals surface area contributed by atoms with Crippen LogP contribution < -0.4 is 10.1 Å². The Bertz CT molecular complexity index is 1160. The third-order valence-corrected chi connectivity index (χ3v) is 6.61. The minimum Gasteiger partial charge on any atom is -0.492 e. The highest BCUT2D eigenvalue weighted by Gasteiger charge is 2.45. The molecule has 3 aliphatic rings. The van der Waals surface area contributed by atoms with Crippen molar-refractivity contribution < 1.29 is 28.7 Å². The summed E-state index contributed by atoms with van der Waals surface area (Å²) in [6.07, 6.45) is 0.138. The average Bonchev–Trinajstić information content (AvgIpc) is 3.12. The Labute approximate surface area is 203 Å². The van der Waals surface area contributed by atoms with Crippen molar-refractivity contribution in [3.05, 3.63) is 53.6 Å². The normalized spacial score (nSPS) is 20.8. The van der Waals surface area contributed by atoms with Gasteiger partial charge in [-0.1, -0.05) is 6.07 Å². The van der Waals surface area contributed by atoms with Crippen molar-refractivity contribution in [2.45, 2.75) is 25.3 Å². The van der Waals surface area contributed by atoms with Gasteiger partial charge in [0.25, 0.3) is 11.8 Å². The molecule has 1 unspecified atom stereocenters. The molecule has 2 aliphatic heterocycles. The van der Waals surface area contributed by atoms with Crippen molar-refractivity contribution in [2.24, 2.45) is 0 Å². The van der Waals surface area contributed by atoms with E-state index in [0.717, 1.165) is 49.2 Å². The summed E-state index contributed by atoms with van der Waals surface area (Å²) in [6, 6.07) is 11.5. The molecule has 1 N–H and O–H groups in total. The number of rotatable bonds is 7. The van der Waals surface area contributed by atoms with E-state index in [2.05, 4.69) is 10.2 Å². The lowest BCUT2D eigenvalue weighted by Crippen LogP contribution is -2.47. The van der Waals surface area contributed by atoms with Crippen molar-refractivity contribution >= 4 is 34.8 Å². The molecular formula is C26H27N3O6. The molecule has 0 spiro atoms. The highest BCUT2D eigenvalue weighted by Crippen LogP contribution is 2.34. The molecule has 0 bridgehead atoms. The van der Waals surface area contributed by atoms with E-state index in [1.165, 1.54) is 0 Å². The van der Waals surface area contributed by atoms with Crippen LogP contribution >= 0.6 is 0 Å². The number of amides is 2. The van der Waals surface area contributed by atoms with Gasteiger partial charge in [-0.15, -0.1) is 0 Å². The Morgan fingerprint density at radius 1 is 0.971 bits per heavy atom. The molecule has 35 heavy (non-hydrogen) atoms. The van der Waals surface area contributed by atoms with Crippen LogP contribution in [0.1, 0.15) is 40.0 Å². The van der Waals surface area contributed by atoms with Crippen LogP contribution in [0.5, 0.6) is 5.75 Å². The minimum absolute atomic E-state index is 0.154. The lowest BCUT2D eigenvalue weighted by Gasteiger charge is -2.27. The predicted octanol–water partition coefficient (Wildman–Crippen LogP) is 2.43. The highest BCUT2D eigenvalue weighted by atomic mass is 16.5. The second kappa shape index (κ2) is 9.97. The van der Waals surface area contributed by atoms with Gasteiger partial charge in [0.1, 0.15) is 18.1 Å². The predicted molar refractivity (Wildman–Crippen MR) is 127 cm³/mol. The van der Waals surface area contributed by atoms with Gasteiger partial charge < -0.3 is 14.8 Å². The summed E-state index contributed by atoms with van der Waals surface area (Å²) in [4.78, 5) is 53.6. The van der Waals surface area contributed by atoms with Gasteiger partial charge in [-0.3, -0.25) is 29.0 Å². The van der Waals surface area contributed by atoms with E-state index < -0.39 is 17.9 Å². The monoisotopic (exact) mass is 477 g/mol. The number of carbonyl (C=O) groups excluding carboxylic acids is 4. The van der Waals surface area contributed by atoms with Crippen LogP contribution in [0.2, 0.25) is 0 Å². The van der Waals surface area contributed by atoms with Crippen LogP contribution in [0, 0.1) is 0 Å². The number of carbonyl (C=O) groups is 4. The van der Waals surface area contributed by atoms with Gasteiger partial charge in [0.15, 0.2) is 5.78 Å². The molecule has 182 valence electrons. The van der Waals surface area contributed by atoms with Crippen LogP contribution in [0.3, 0.4) is 0 Å². The number of hydrogen-bond acceptors (Lipinski definition) is 8. The number of benzene rings is 2. The van der Waals surface area contributed by atoms with Crippen molar-refractivity contribution in [1.29, 1.82) is 0 Å². The molecule has 2 heterocycles. The Kier molecular flexibility index (Phi) is 6.61. The Balaban J connectivity index is 1.25. The fourth-order valence-electron chi connectivity index (χ4n) is 4.73. The quantitative estimate of drug-likeness (QED) is 0.479. The number of morpholine rings is 1. The number of nitrogens with one attached hydrogen (secondary N) is 1. The summed E-state index contributed by atoms with van der Waals surface area (Å²) in [6.45, 7) is 4.76. The number of anilines is 2. The van der Waals surface area contributed by atoms with Gasteiger partial charge in [0, 0.05) is 31.7 Å². The van der Waals surface area contributed by atoms with Gasteiger partial charge in [-0.05, 0) is 42.8 Å². The van der Waals surface area contributed by atoms with Gasteiger partial charge in [-0.2, -0.15) is 0 Å². The summed E-state index contributed by atoms with van der Waals surface area (Å²) < 4.78 is 11.2. The van der Waals surface area contributed by atoms with E-state index >= 15 is 0 Å². The molecule has 1 saturated carbocycles. The zero-order valence-electron chi connectivity index (χ0n) is 19.3. The van der Waals surface area contributed by atoms with Crippen molar-refractivity contribution in [2.75, 3.05) is 44.8 Å². The smallest absolute Gasteiger partial charge is 0.264 e. The number of hydrogen-bond donors (Lipinski definition) is 1. The summed E-state index contributed by atoms with van der Waals surface area (Å²) in [5, 5.41) is 3.22. The summed E-state index contributed by atoms with van der Waals surface area (Å²) in [5.41, 5.74) is 1.72. The second-order valence-electron chi connectivity index (χ2n) is 8.90. The topological polar surface area (TPSA) is 105 Å². The highest BCUT2D eigenvalue weighted by molar-refractivity contribution is 6.25. The van der Waals surface area contributed by atoms with Gasteiger partial charge >= 0.3 is 0 Å². The fraction of sp³-hybridized carbons (Fsp3) is 0.385. The zero-order chi connectivity index (χ0) is 24.4. The molecule has 9 heteroatoms. The van der Waals surface area contributed by atoms with Crippen LogP contribution in [0.15, 0.2) is 42.5 Å². The van der Waals surface area contributed by atoms with Gasteiger partial charge in [0.05, 0.1) is 42.5 Å². The first-order valence-electron chi connectivity index (χ1n) is 11.9. The summed E-state index contributed by atoms with van der Waals surface area (Å²) in [5.74, 6) is -0.799. The number of Topliss-reactive ketones (excluding diaryl/α,β-unsaturated/α-hetero) is 2. The Hall–Kier alpha value is -3.56. The van der Waals surface area contributed by atoms with Crippen LogP contribution in [-0.4, -0.2) is 78.7 Å². The summed E-state index contributed by atoms with van der Waals surface area (Å²) in [7, 11) is 0. The van der Waals surface area contributed by atoms with E-state index in [9.17, 15) is 19.2 Å². The molecule has 2 aromatic carbocycles. The largest absolute Gasteiger partial charge is 0.492 e. The molecule has 2 amide bonds. The second-order valence-corrected chi connectivity index (χ2v) is 8.90. The number of imide groups is 1. The first kappa shape index (κ1) is 23.2. The van der Waals surface area contributed by atoms with E-state index in [1.54, 1.807) is 18.2 Å². The summed E-state index contributed by atoms with van der Waals surface area (Å²) >= 11 is 0. The molecule has 0 radical (unpaired) electrons. The van der Waals surface area contributed by atoms with E-state index in [0.29, 0.717) is 12.3 Å². The lowest BCUT2D eigenvalue weighted by atomic mass is 9.92. The zero-order valence-corrected chi connectivity index (χ0v) is 19.3. The van der Waals surface area contributed by atoms with Crippen molar-refractivity contribution in [3.8, 4) is 5.75 Å². The van der Waals surface area contributed by atoms with E-state index in [1.807, 2.05) is 24.3 Å². The molecule has 5 rings (SSSR count). The number of fused-ring (bicyclic) bond motifs is 1.